The molecule has 0 radical (unpaired) electrons. The highest BCUT2D eigenvalue weighted by molar-refractivity contribution is 5.81. The standard InChI is InChI=1S/C11H15N3/c1-8(12-2)6-9-4-3-5-11-10(9)7-13-14-11/h3-5,7-8,12H,6H2,1-2H3,(H,13,14). The van der Waals surface area contributed by atoms with E-state index in [1.54, 1.807) is 0 Å². The van der Waals surface area contributed by atoms with E-state index in [-0.39, 0.29) is 0 Å². The lowest BCUT2D eigenvalue weighted by molar-refractivity contribution is 0.610. The Morgan fingerprint density at radius 2 is 2.36 bits per heavy atom. The van der Waals surface area contributed by atoms with Gasteiger partial charge in [0.1, 0.15) is 0 Å². The first-order chi connectivity index (χ1) is 6.81. The Bertz CT molecular complexity index is 419. The molecule has 2 aromatic rings. The Labute approximate surface area is 83.5 Å². The van der Waals surface area contributed by atoms with Crippen molar-refractivity contribution in [2.24, 2.45) is 0 Å². The quantitative estimate of drug-likeness (QED) is 0.771. The van der Waals surface area contributed by atoms with Crippen LogP contribution in [-0.4, -0.2) is 23.3 Å². The smallest absolute Gasteiger partial charge is 0.0653 e. The van der Waals surface area contributed by atoms with Crippen LogP contribution < -0.4 is 5.32 Å². The maximum Gasteiger partial charge on any atom is 0.0653 e. The zero-order valence-corrected chi connectivity index (χ0v) is 8.54. The predicted octanol–water partition coefficient (Wildman–Crippen LogP) is 1.71. The molecular formula is C11H15N3. The summed E-state index contributed by atoms with van der Waals surface area (Å²) in [4.78, 5) is 0. The molecule has 14 heavy (non-hydrogen) atoms. The van der Waals surface area contributed by atoms with Crippen molar-refractivity contribution in [3.05, 3.63) is 30.0 Å². The van der Waals surface area contributed by atoms with Gasteiger partial charge in [0, 0.05) is 11.4 Å². The van der Waals surface area contributed by atoms with Gasteiger partial charge < -0.3 is 5.32 Å². The Hall–Kier alpha value is -1.35. The molecule has 3 nitrogen and oxygen atoms in total. The molecule has 0 amide bonds. The molecule has 1 heterocycles. The van der Waals surface area contributed by atoms with Crippen molar-refractivity contribution in [3.8, 4) is 0 Å². The SMILES string of the molecule is CNC(C)Cc1cccc2[nH]ncc12. The van der Waals surface area contributed by atoms with Crippen LogP contribution in [0.1, 0.15) is 12.5 Å². The van der Waals surface area contributed by atoms with Crippen LogP contribution in [0.15, 0.2) is 24.4 Å². The molecule has 74 valence electrons. The third kappa shape index (κ3) is 1.63. The van der Waals surface area contributed by atoms with Crippen molar-refractivity contribution in [1.82, 2.24) is 15.5 Å². The van der Waals surface area contributed by atoms with Gasteiger partial charge in [-0.3, -0.25) is 5.10 Å². The van der Waals surface area contributed by atoms with Crippen molar-refractivity contribution in [2.45, 2.75) is 19.4 Å². The summed E-state index contributed by atoms with van der Waals surface area (Å²) in [6.07, 6.45) is 2.93. The number of nitrogens with zero attached hydrogens (tertiary/aromatic N) is 1. The van der Waals surface area contributed by atoms with E-state index in [1.165, 1.54) is 10.9 Å². The molecule has 0 aliphatic heterocycles. The monoisotopic (exact) mass is 189 g/mol. The van der Waals surface area contributed by atoms with Gasteiger partial charge >= 0.3 is 0 Å². The number of H-pyrrole nitrogens is 1. The van der Waals surface area contributed by atoms with Gasteiger partial charge in [-0.05, 0) is 32.0 Å². The fourth-order valence-corrected chi connectivity index (χ4v) is 1.64. The van der Waals surface area contributed by atoms with E-state index in [0.29, 0.717) is 6.04 Å². The molecule has 0 saturated carbocycles. The third-order valence-electron chi connectivity index (χ3n) is 2.59. The molecule has 0 fully saturated rings. The molecule has 2 N–H and O–H groups in total. The molecule has 2 rings (SSSR count). The van der Waals surface area contributed by atoms with E-state index in [4.69, 9.17) is 0 Å². The zero-order valence-electron chi connectivity index (χ0n) is 8.54. The third-order valence-corrected chi connectivity index (χ3v) is 2.59. The average molecular weight is 189 g/mol. The van der Waals surface area contributed by atoms with Gasteiger partial charge in [-0.25, -0.2) is 0 Å². The molecule has 1 unspecified atom stereocenters. The Balaban J connectivity index is 2.36. The second kappa shape index (κ2) is 3.80. The summed E-state index contributed by atoms with van der Waals surface area (Å²) >= 11 is 0. The Kier molecular flexibility index (Phi) is 2.50. The van der Waals surface area contributed by atoms with Crippen LogP contribution >= 0.6 is 0 Å². The first-order valence-electron chi connectivity index (χ1n) is 4.89. The molecule has 1 aromatic carbocycles. The molecule has 1 atom stereocenters. The molecule has 0 aliphatic rings. The highest BCUT2D eigenvalue weighted by Crippen LogP contribution is 2.17. The van der Waals surface area contributed by atoms with Crippen molar-refractivity contribution in [2.75, 3.05) is 7.05 Å². The van der Waals surface area contributed by atoms with Crippen molar-refractivity contribution >= 4 is 10.9 Å². The van der Waals surface area contributed by atoms with Crippen LogP contribution in [-0.2, 0) is 6.42 Å². The van der Waals surface area contributed by atoms with Crippen molar-refractivity contribution < 1.29 is 0 Å². The van der Waals surface area contributed by atoms with Gasteiger partial charge in [-0.15, -0.1) is 0 Å². The topological polar surface area (TPSA) is 40.7 Å². The summed E-state index contributed by atoms with van der Waals surface area (Å²) in [5.74, 6) is 0. The summed E-state index contributed by atoms with van der Waals surface area (Å²) < 4.78 is 0. The fourth-order valence-electron chi connectivity index (χ4n) is 1.64. The summed E-state index contributed by atoms with van der Waals surface area (Å²) in [5, 5.41) is 11.5. The largest absolute Gasteiger partial charge is 0.317 e. The predicted molar refractivity (Wildman–Crippen MR) is 58.3 cm³/mol. The van der Waals surface area contributed by atoms with Gasteiger partial charge in [0.15, 0.2) is 0 Å². The van der Waals surface area contributed by atoms with E-state index >= 15 is 0 Å². The number of aromatic nitrogens is 2. The minimum atomic E-state index is 0.496. The van der Waals surface area contributed by atoms with E-state index in [9.17, 15) is 0 Å². The number of aromatic amines is 1. The maximum absolute atomic E-state index is 4.05. The Morgan fingerprint density at radius 3 is 3.14 bits per heavy atom. The van der Waals surface area contributed by atoms with Crippen molar-refractivity contribution in [3.63, 3.8) is 0 Å². The molecule has 0 bridgehead atoms. The van der Waals surface area contributed by atoms with E-state index in [2.05, 4.69) is 40.6 Å². The maximum atomic E-state index is 4.05. The van der Waals surface area contributed by atoms with Gasteiger partial charge in [0.2, 0.25) is 0 Å². The normalized spacial score (nSPS) is 13.3. The fraction of sp³-hybridized carbons (Fsp3) is 0.364. The molecule has 0 saturated heterocycles. The van der Waals surface area contributed by atoms with Gasteiger partial charge in [-0.1, -0.05) is 12.1 Å². The number of likely N-dealkylation sites (N-methyl/N-ethyl adjacent to an activating group) is 1. The summed E-state index contributed by atoms with van der Waals surface area (Å²) in [7, 11) is 1.99. The minimum absolute atomic E-state index is 0.496. The van der Waals surface area contributed by atoms with Crippen LogP contribution in [0.25, 0.3) is 10.9 Å². The van der Waals surface area contributed by atoms with Crippen LogP contribution in [0, 0.1) is 0 Å². The van der Waals surface area contributed by atoms with Crippen molar-refractivity contribution in [1.29, 1.82) is 0 Å². The minimum Gasteiger partial charge on any atom is -0.317 e. The molecular weight excluding hydrogens is 174 g/mol. The van der Waals surface area contributed by atoms with Gasteiger partial charge in [0.05, 0.1) is 11.7 Å². The Morgan fingerprint density at radius 1 is 1.50 bits per heavy atom. The average Bonchev–Trinajstić information content (AvgIpc) is 2.66. The second-order valence-corrected chi connectivity index (χ2v) is 3.64. The van der Waals surface area contributed by atoms with Gasteiger partial charge in [0.25, 0.3) is 0 Å². The highest BCUT2D eigenvalue weighted by Gasteiger charge is 2.05. The summed E-state index contributed by atoms with van der Waals surface area (Å²) in [5.41, 5.74) is 2.46. The van der Waals surface area contributed by atoms with E-state index < -0.39 is 0 Å². The molecule has 1 aromatic heterocycles. The lowest BCUT2D eigenvalue weighted by atomic mass is 10.0. The number of hydrogen-bond acceptors (Lipinski definition) is 2. The van der Waals surface area contributed by atoms with Gasteiger partial charge in [-0.2, -0.15) is 5.10 Å². The summed E-state index contributed by atoms with van der Waals surface area (Å²) in [6.45, 7) is 2.18. The lowest BCUT2D eigenvalue weighted by Gasteiger charge is -2.10. The number of hydrogen-bond donors (Lipinski definition) is 2. The molecule has 0 spiro atoms. The second-order valence-electron chi connectivity index (χ2n) is 3.64. The first-order valence-corrected chi connectivity index (χ1v) is 4.89. The lowest BCUT2D eigenvalue weighted by Crippen LogP contribution is -2.23. The van der Waals surface area contributed by atoms with Crippen LogP contribution in [0.4, 0.5) is 0 Å². The zero-order chi connectivity index (χ0) is 9.97. The van der Waals surface area contributed by atoms with Crippen LogP contribution in [0.5, 0.6) is 0 Å². The van der Waals surface area contributed by atoms with Crippen LogP contribution in [0.3, 0.4) is 0 Å². The number of nitrogens with one attached hydrogen (secondary N) is 2. The molecule has 3 heteroatoms. The molecule has 0 aliphatic carbocycles. The number of rotatable bonds is 3. The van der Waals surface area contributed by atoms with E-state index in [1.807, 2.05) is 13.2 Å². The number of benzene rings is 1. The highest BCUT2D eigenvalue weighted by atomic mass is 15.1. The van der Waals surface area contributed by atoms with Crippen LogP contribution in [0.2, 0.25) is 0 Å². The first kappa shape index (κ1) is 9.21. The number of fused-ring (bicyclic) bond motifs is 1. The summed E-state index contributed by atoms with van der Waals surface area (Å²) in [6, 6.07) is 6.77. The van der Waals surface area contributed by atoms with E-state index in [0.717, 1.165) is 11.9 Å².